The number of pyridine rings is 1. The van der Waals surface area contributed by atoms with Crippen molar-refractivity contribution in [1.82, 2.24) is 9.38 Å². The lowest BCUT2D eigenvalue weighted by Crippen LogP contribution is -2.05. The molecule has 0 unspecified atom stereocenters. The fourth-order valence-corrected chi connectivity index (χ4v) is 2.36. The Bertz CT molecular complexity index is 806. The predicted octanol–water partition coefficient (Wildman–Crippen LogP) is 3.40. The van der Waals surface area contributed by atoms with Gasteiger partial charge in [0.15, 0.2) is 0 Å². The molecule has 2 N–H and O–H groups in total. The standard InChI is InChI=1S/C16H14F3N3/c17-16(18,19)13-3-1-2-11(6-13)7-14-10-22-9-12(8-20)4-5-15(22)21-14/h1-6,9-10H,7-8,20H2. The van der Waals surface area contributed by atoms with Crippen LogP contribution in [0.5, 0.6) is 0 Å². The first-order valence-electron chi connectivity index (χ1n) is 6.78. The fourth-order valence-electron chi connectivity index (χ4n) is 2.36. The van der Waals surface area contributed by atoms with Gasteiger partial charge in [0.25, 0.3) is 0 Å². The van der Waals surface area contributed by atoms with Crippen molar-refractivity contribution in [1.29, 1.82) is 0 Å². The first-order chi connectivity index (χ1) is 10.5. The summed E-state index contributed by atoms with van der Waals surface area (Å²) in [6, 6.07) is 9.05. The van der Waals surface area contributed by atoms with Crippen LogP contribution in [0.4, 0.5) is 13.2 Å². The molecule has 0 saturated heterocycles. The Labute approximate surface area is 125 Å². The lowest BCUT2D eigenvalue weighted by Gasteiger charge is -2.07. The Morgan fingerprint density at radius 3 is 2.59 bits per heavy atom. The van der Waals surface area contributed by atoms with Crippen LogP contribution >= 0.6 is 0 Å². The maximum absolute atomic E-state index is 12.7. The molecule has 3 rings (SSSR count). The molecule has 0 amide bonds. The van der Waals surface area contributed by atoms with Crippen molar-refractivity contribution in [2.75, 3.05) is 0 Å². The highest BCUT2D eigenvalue weighted by molar-refractivity contribution is 5.42. The minimum Gasteiger partial charge on any atom is -0.326 e. The van der Waals surface area contributed by atoms with Crippen LogP contribution in [0.2, 0.25) is 0 Å². The lowest BCUT2D eigenvalue weighted by molar-refractivity contribution is -0.137. The Hall–Kier alpha value is -2.34. The van der Waals surface area contributed by atoms with E-state index in [2.05, 4.69) is 4.98 Å². The van der Waals surface area contributed by atoms with E-state index in [1.165, 1.54) is 6.07 Å². The highest BCUT2D eigenvalue weighted by Gasteiger charge is 2.30. The van der Waals surface area contributed by atoms with Crippen molar-refractivity contribution >= 4 is 5.65 Å². The number of alkyl halides is 3. The van der Waals surface area contributed by atoms with E-state index in [9.17, 15) is 13.2 Å². The van der Waals surface area contributed by atoms with Crippen LogP contribution in [-0.4, -0.2) is 9.38 Å². The van der Waals surface area contributed by atoms with Gasteiger partial charge in [0, 0.05) is 25.4 Å². The van der Waals surface area contributed by atoms with Crippen molar-refractivity contribution in [2.45, 2.75) is 19.1 Å². The van der Waals surface area contributed by atoms with E-state index in [0.29, 0.717) is 24.2 Å². The maximum Gasteiger partial charge on any atom is 0.416 e. The Kier molecular flexibility index (Phi) is 3.62. The molecule has 3 nitrogen and oxygen atoms in total. The summed E-state index contributed by atoms with van der Waals surface area (Å²) in [7, 11) is 0. The smallest absolute Gasteiger partial charge is 0.326 e. The summed E-state index contributed by atoms with van der Waals surface area (Å²) in [5.41, 5.74) is 7.96. The highest BCUT2D eigenvalue weighted by Crippen LogP contribution is 2.29. The molecule has 0 saturated carbocycles. The van der Waals surface area contributed by atoms with Crippen LogP contribution in [0.1, 0.15) is 22.4 Å². The lowest BCUT2D eigenvalue weighted by atomic mass is 10.1. The van der Waals surface area contributed by atoms with E-state index in [4.69, 9.17) is 5.73 Å². The highest BCUT2D eigenvalue weighted by atomic mass is 19.4. The van der Waals surface area contributed by atoms with Crippen LogP contribution in [-0.2, 0) is 19.1 Å². The van der Waals surface area contributed by atoms with E-state index >= 15 is 0 Å². The largest absolute Gasteiger partial charge is 0.416 e. The van der Waals surface area contributed by atoms with Crippen molar-refractivity contribution < 1.29 is 13.2 Å². The molecule has 2 heterocycles. The molecule has 0 aliphatic heterocycles. The third-order valence-electron chi connectivity index (χ3n) is 3.44. The quantitative estimate of drug-likeness (QED) is 0.806. The summed E-state index contributed by atoms with van der Waals surface area (Å²) in [5, 5.41) is 0. The molecular formula is C16H14F3N3. The number of aromatic nitrogens is 2. The van der Waals surface area contributed by atoms with Crippen molar-refractivity contribution in [3.05, 3.63) is 71.2 Å². The normalized spacial score (nSPS) is 12.0. The van der Waals surface area contributed by atoms with Crippen LogP contribution in [0.15, 0.2) is 48.8 Å². The van der Waals surface area contributed by atoms with Gasteiger partial charge < -0.3 is 10.1 Å². The molecule has 0 spiro atoms. The van der Waals surface area contributed by atoms with Gasteiger partial charge in [-0.1, -0.05) is 24.3 Å². The first-order valence-corrected chi connectivity index (χ1v) is 6.78. The van der Waals surface area contributed by atoms with Crippen LogP contribution in [0.3, 0.4) is 0 Å². The third kappa shape index (κ3) is 2.96. The molecule has 0 fully saturated rings. The molecule has 6 heteroatoms. The Morgan fingerprint density at radius 2 is 1.86 bits per heavy atom. The fraction of sp³-hybridized carbons (Fsp3) is 0.188. The van der Waals surface area contributed by atoms with E-state index in [0.717, 1.165) is 23.3 Å². The second-order valence-corrected chi connectivity index (χ2v) is 5.11. The summed E-state index contributed by atoms with van der Waals surface area (Å²) in [6.07, 6.45) is -0.290. The molecule has 0 bridgehead atoms. The van der Waals surface area contributed by atoms with E-state index < -0.39 is 11.7 Å². The molecule has 22 heavy (non-hydrogen) atoms. The van der Waals surface area contributed by atoms with Gasteiger partial charge in [-0.3, -0.25) is 0 Å². The monoisotopic (exact) mass is 305 g/mol. The van der Waals surface area contributed by atoms with Crippen molar-refractivity contribution in [2.24, 2.45) is 5.73 Å². The number of hydrogen-bond acceptors (Lipinski definition) is 2. The van der Waals surface area contributed by atoms with Gasteiger partial charge in [-0.15, -0.1) is 0 Å². The summed E-state index contributed by atoms with van der Waals surface area (Å²) in [4.78, 5) is 4.42. The van der Waals surface area contributed by atoms with E-state index in [1.54, 1.807) is 6.07 Å². The molecule has 0 atom stereocenters. The zero-order valence-electron chi connectivity index (χ0n) is 11.6. The summed E-state index contributed by atoms with van der Waals surface area (Å²) in [6.45, 7) is 0.428. The van der Waals surface area contributed by atoms with Gasteiger partial charge in [-0.25, -0.2) is 4.98 Å². The van der Waals surface area contributed by atoms with Crippen molar-refractivity contribution in [3.63, 3.8) is 0 Å². The Morgan fingerprint density at radius 1 is 1.05 bits per heavy atom. The minimum atomic E-state index is -4.33. The molecule has 0 radical (unpaired) electrons. The molecule has 0 aliphatic carbocycles. The van der Waals surface area contributed by atoms with Gasteiger partial charge in [-0.2, -0.15) is 13.2 Å². The first kappa shape index (κ1) is 14.6. The average molecular weight is 305 g/mol. The topological polar surface area (TPSA) is 43.3 Å². The van der Waals surface area contributed by atoms with E-state index in [1.807, 2.05) is 28.9 Å². The van der Waals surface area contributed by atoms with Crippen LogP contribution in [0, 0.1) is 0 Å². The number of hydrogen-bond donors (Lipinski definition) is 1. The molecule has 1 aromatic carbocycles. The maximum atomic E-state index is 12.7. The van der Waals surface area contributed by atoms with Crippen molar-refractivity contribution in [3.8, 4) is 0 Å². The predicted molar refractivity (Wildman–Crippen MR) is 77.3 cm³/mol. The van der Waals surface area contributed by atoms with E-state index in [-0.39, 0.29) is 0 Å². The molecule has 114 valence electrons. The summed E-state index contributed by atoms with van der Waals surface area (Å²) < 4.78 is 40.0. The van der Waals surface area contributed by atoms with Gasteiger partial charge in [0.2, 0.25) is 0 Å². The van der Waals surface area contributed by atoms with Crippen LogP contribution < -0.4 is 5.73 Å². The minimum absolute atomic E-state index is 0.351. The molecular weight excluding hydrogens is 291 g/mol. The van der Waals surface area contributed by atoms with Gasteiger partial charge in [0.1, 0.15) is 5.65 Å². The zero-order valence-corrected chi connectivity index (χ0v) is 11.6. The molecule has 0 aliphatic rings. The number of rotatable bonds is 3. The third-order valence-corrected chi connectivity index (χ3v) is 3.44. The SMILES string of the molecule is NCc1ccc2nc(Cc3cccc(C(F)(F)F)c3)cn2c1. The number of fused-ring (bicyclic) bond motifs is 1. The summed E-state index contributed by atoms with van der Waals surface area (Å²) in [5.74, 6) is 0. The average Bonchev–Trinajstić information content (AvgIpc) is 2.87. The number of imidazole rings is 1. The van der Waals surface area contributed by atoms with Gasteiger partial charge in [0.05, 0.1) is 11.3 Å². The molecule has 3 aromatic rings. The van der Waals surface area contributed by atoms with Gasteiger partial charge in [-0.05, 0) is 23.3 Å². The van der Waals surface area contributed by atoms with Gasteiger partial charge >= 0.3 is 6.18 Å². The Balaban J connectivity index is 1.90. The zero-order chi connectivity index (χ0) is 15.7. The molecule has 2 aromatic heterocycles. The number of halogens is 3. The number of nitrogens with zero attached hydrogens (tertiary/aromatic N) is 2. The summed E-state index contributed by atoms with van der Waals surface area (Å²) >= 11 is 0. The second-order valence-electron chi connectivity index (χ2n) is 5.11. The number of benzene rings is 1. The van der Waals surface area contributed by atoms with Crippen LogP contribution in [0.25, 0.3) is 5.65 Å². The second kappa shape index (κ2) is 5.46. The number of nitrogens with two attached hydrogens (primary N) is 1.